The van der Waals surface area contributed by atoms with Gasteiger partial charge in [0.1, 0.15) is 17.7 Å². The second kappa shape index (κ2) is 5.72. The summed E-state index contributed by atoms with van der Waals surface area (Å²) in [5.74, 6) is -8.81. The van der Waals surface area contributed by atoms with E-state index in [0.717, 1.165) is 0 Å². The van der Waals surface area contributed by atoms with Gasteiger partial charge >= 0.3 is 12.1 Å². The van der Waals surface area contributed by atoms with Crippen molar-refractivity contribution < 1.29 is 30.7 Å². The lowest BCUT2D eigenvalue weighted by Gasteiger charge is -2.26. The van der Waals surface area contributed by atoms with E-state index in [1.54, 1.807) is 0 Å². The second-order valence-corrected chi connectivity index (χ2v) is 3.82. The van der Waals surface area contributed by atoms with E-state index in [4.69, 9.17) is 11.6 Å². The number of rotatable bonds is 2. The molecule has 0 heterocycles. The molecule has 0 radical (unpaired) electrons. The molecule has 2 N–H and O–H groups in total. The minimum atomic E-state index is -6.02. The molecule has 0 unspecified atom stereocenters. The van der Waals surface area contributed by atoms with Crippen LogP contribution in [-0.2, 0) is 0 Å². The summed E-state index contributed by atoms with van der Waals surface area (Å²) in [4.78, 5) is 0. The molecular formula is C9H6Cl2F7N. The van der Waals surface area contributed by atoms with Gasteiger partial charge in [0.25, 0.3) is 0 Å². The fourth-order valence-corrected chi connectivity index (χ4v) is 1.40. The zero-order chi connectivity index (χ0) is 14.3. The van der Waals surface area contributed by atoms with Gasteiger partial charge in [-0.1, -0.05) is 11.6 Å². The number of nitrogens with two attached hydrogens (primary N) is 1. The Bertz CT molecular complexity index is 437. The third kappa shape index (κ3) is 3.43. The monoisotopic (exact) mass is 331 g/mol. The molecule has 1 aromatic carbocycles. The summed E-state index contributed by atoms with van der Waals surface area (Å²) in [6.07, 6.45) is -6.02. The Hall–Kier alpha value is -0.730. The molecule has 0 spiro atoms. The number of benzene rings is 1. The predicted molar refractivity (Wildman–Crippen MR) is 56.5 cm³/mol. The van der Waals surface area contributed by atoms with E-state index < -0.39 is 40.4 Å². The number of alkyl halides is 5. The summed E-state index contributed by atoms with van der Waals surface area (Å²) in [7, 11) is 0. The first kappa shape index (κ1) is 18.3. The molecule has 19 heavy (non-hydrogen) atoms. The number of hydrogen-bond acceptors (Lipinski definition) is 1. The molecule has 0 saturated heterocycles. The van der Waals surface area contributed by atoms with Crippen molar-refractivity contribution in [2.45, 2.75) is 18.1 Å². The fraction of sp³-hybridized carbons (Fsp3) is 0.333. The average molecular weight is 332 g/mol. The standard InChI is InChI=1S/C9H5ClF7N.ClH/c10-3-1-4(11)6(5(12)2-3)7(18)8(13,14)9(15,16)17;/h1-2,7H,18H2;1H/t7-;/m0./s1. The van der Waals surface area contributed by atoms with Gasteiger partial charge in [-0.3, -0.25) is 0 Å². The van der Waals surface area contributed by atoms with Crippen LogP contribution in [0.4, 0.5) is 30.7 Å². The van der Waals surface area contributed by atoms with Crippen LogP contribution in [0.25, 0.3) is 0 Å². The molecule has 0 amide bonds. The van der Waals surface area contributed by atoms with Gasteiger partial charge in [-0.2, -0.15) is 22.0 Å². The predicted octanol–water partition coefficient (Wildman–Crippen LogP) is 4.24. The minimum absolute atomic E-state index is 0. The van der Waals surface area contributed by atoms with Crippen LogP contribution in [-0.4, -0.2) is 12.1 Å². The highest BCUT2D eigenvalue weighted by Crippen LogP contribution is 2.44. The van der Waals surface area contributed by atoms with Crippen molar-refractivity contribution in [1.82, 2.24) is 0 Å². The molecule has 0 bridgehead atoms. The molecule has 1 aromatic rings. The Kier molecular flexibility index (Phi) is 5.50. The van der Waals surface area contributed by atoms with Crippen molar-refractivity contribution in [3.63, 3.8) is 0 Å². The molecular weight excluding hydrogens is 326 g/mol. The van der Waals surface area contributed by atoms with Crippen molar-refractivity contribution in [3.05, 3.63) is 34.4 Å². The quantitative estimate of drug-likeness (QED) is 0.806. The third-order valence-electron chi connectivity index (χ3n) is 2.12. The van der Waals surface area contributed by atoms with Crippen molar-refractivity contribution in [3.8, 4) is 0 Å². The van der Waals surface area contributed by atoms with Crippen molar-refractivity contribution in [1.29, 1.82) is 0 Å². The molecule has 0 aliphatic carbocycles. The highest BCUT2D eigenvalue weighted by molar-refractivity contribution is 6.30. The zero-order valence-electron chi connectivity index (χ0n) is 8.74. The maximum atomic E-state index is 13.2. The van der Waals surface area contributed by atoms with Crippen molar-refractivity contribution >= 4 is 24.0 Å². The highest BCUT2D eigenvalue weighted by Gasteiger charge is 2.62. The lowest BCUT2D eigenvalue weighted by molar-refractivity contribution is -0.291. The van der Waals surface area contributed by atoms with Crippen LogP contribution in [0, 0.1) is 11.6 Å². The molecule has 1 nitrogen and oxygen atoms in total. The van der Waals surface area contributed by atoms with E-state index in [0.29, 0.717) is 12.1 Å². The summed E-state index contributed by atoms with van der Waals surface area (Å²) in [6.45, 7) is 0. The van der Waals surface area contributed by atoms with Crippen LogP contribution in [0.15, 0.2) is 12.1 Å². The Morgan fingerprint density at radius 2 is 1.37 bits per heavy atom. The first-order chi connectivity index (χ1) is 7.98. The van der Waals surface area contributed by atoms with Gasteiger partial charge in [-0.25, -0.2) is 8.78 Å². The van der Waals surface area contributed by atoms with Gasteiger partial charge in [0.2, 0.25) is 0 Å². The Morgan fingerprint density at radius 1 is 1.00 bits per heavy atom. The summed E-state index contributed by atoms with van der Waals surface area (Å²) < 4.78 is 88.1. The van der Waals surface area contributed by atoms with Crippen LogP contribution in [0.3, 0.4) is 0 Å². The third-order valence-corrected chi connectivity index (χ3v) is 2.34. The maximum absolute atomic E-state index is 13.2. The van der Waals surface area contributed by atoms with Gasteiger partial charge in [0.15, 0.2) is 0 Å². The minimum Gasteiger partial charge on any atom is -0.319 e. The van der Waals surface area contributed by atoms with E-state index >= 15 is 0 Å². The SMILES string of the molecule is Cl.N[C@@H](c1c(F)cc(Cl)cc1F)C(F)(F)C(F)(F)F. The first-order valence-corrected chi connectivity index (χ1v) is 4.71. The van der Waals surface area contributed by atoms with Crippen LogP contribution in [0.2, 0.25) is 5.02 Å². The van der Waals surface area contributed by atoms with Crippen molar-refractivity contribution in [2.75, 3.05) is 0 Å². The van der Waals surface area contributed by atoms with Crippen LogP contribution >= 0.6 is 24.0 Å². The van der Waals surface area contributed by atoms with Gasteiger partial charge in [0, 0.05) is 10.6 Å². The molecule has 0 fully saturated rings. The van der Waals surface area contributed by atoms with Gasteiger partial charge in [0.05, 0.1) is 0 Å². The number of halogens is 9. The molecule has 1 rings (SSSR count). The molecule has 0 aliphatic rings. The topological polar surface area (TPSA) is 26.0 Å². The Balaban J connectivity index is 0.00000324. The smallest absolute Gasteiger partial charge is 0.319 e. The average Bonchev–Trinajstić information content (AvgIpc) is 2.13. The lowest BCUT2D eigenvalue weighted by Crippen LogP contribution is -2.46. The normalized spacial score (nSPS) is 13.9. The summed E-state index contributed by atoms with van der Waals surface area (Å²) >= 11 is 5.20. The zero-order valence-corrected chi connectivity index (χ0v) is 10.3. The highest BCUT2D eigenvalue weighted by atomic mass is 35.5. The van der Waals surface area contributed by atoms with E-state index in [9.17, 15) is 30.7 Å². The Morgan fingerprint density at radius 3 is 1.68 bits per heavy atom. The molecule has 0 aliphatic heterocycles. The fourth-order valence-electron chi connectivity index (χ4n) is 1.21. The number of hydrogen-bond donors (Lipinski definition) is 1. The molecule has 0 aromatic heterocycles. The summed E-state index contributed by atoms with van der Waals surface area (Å²) in [5.41, 5.74) is 3.05. The summed E-state index contributed by atoms with van der Waals surface area (Å²) in [6, 6.07) is -2.41. The van der Waals surface area contributed by atoms with Crippen LogP contribution in [0.5, 0.6) is 0 Å². The lowest BCUT2D eigenvalue weighted by atomic mass is 10.00. The van der Waals surface area contributed by atoms with Crippen molar-refractivity contribution in [2.24, 2.45) is 5.73 Å². The van der Waals surface area contributed by atoms with E-state index in [2.05, 4.69) is 5.73 Å². The van der Waals surface area contributed by atoms with Crippen LogP contribution in [0.1, 0.15) is 11.6 Å². The largest absolute Gasteiger partial charge is 0.455 e. The molecule has 10 heteroatoms. The molecule has 1 atom stereocenters. The first-order valence-electron chi connectivity index (χ1n) is 4.33. The van der Waals surface area contributed by atoms with E-state index in [1.807, 2.05) is 0 Å². The molecule has 0 saturated carbocycles. The van der Waals surface area contributed by atoms with Gasteiger partial charge in [-0.15, -0.1) is 12.4 Å². The Labute approximate surface area is 113 Å². The van der Waals surface area contributed by atoms with Gasteiger partial charge in [-0.05, 0) is 12.1 Å². The van der Waals surface area contributed by atoms with E-state index in [-0.39, 0.29) is 12.4 Å². The maximum Gasteiger partial charge on any atom is 0.455 e. The van der Waals surface area contributed by atoms with Gasteiger partial charge < -0.3 is 5.73 Å². The summed E-state index contributed by atoms with van der Waals surface area (Å²) in [5, 5.41) is -0.490. The second-order valence-electron chi connectivity index (χ2n) is 3.38. The van der Waals surface area contributed by atoms with E-state index in [1.165, 1.54) is 0 Å². The molecule has 110 valence electrons. The van der Waals surface area contributed by atoms with Crippen LogP contribution < -0.4 is 5.73 Å².